The fourth-order valence-corrected chi connectivity index (χ4v) is 1.71. The van der Waals surface area contributed by atoms with E-state index in [9.17, 15) is 9.90 Å². The first-order valence-corrected chi connectivity index (χ1v) is 6.31. The number of aliphatic hydroxyl groups is 1. The molecule has 0 aromatic heterocycles. The van der Waals surface area contributed by atoms with E-state index in [2.05, 4.69) is 6.92 Å². The highest BCUT2D eigenvalue weighted by Gasteiger charge is 2.25. The zero-order valence-electron chi connectivity index (χ0n) is 10.8. The maximum absolute atomic E-state index is 10.8. The van der Waals surface area contributed by atoms with E-state index in [1.54, 1.807) is 13.8 Å². The van der Waals surface area contributed by atoms with Gasteiger partial charge in [0.25, 0.3) is 0 Å². The van der Waals surface area contributed by atoms with Crippen molar-refractivity contribution in [1.82, 2.24) is 0 Å². The monoisotopic (exact) mass is 230 g/mol. The SMILES string of the molecule is CCCC(O)CCCCCC(C)(C)C(=O)O. The van der Waals surface area contributed by atoms with Crippen molar-refractivity contribution in [1.29, 1.82) is 0 Å². The third-order valence-corrected chi connectivity index (χ3v) is 3.04. The highest BCUT2D eigenvalue weighted by Crippen LogP contribution is 2.24. The second-order valence-corrected chi connectivity index (χ2v) is 5.23. The summed E-state index contributed by atoms with van der Waals surface area (Å²) >= 11 is 0. The first-order valence-electron chi connectivity index (χ1n) is 6.31. The van der Waals surface area contributed by atoms with Gasteiger partial charge in [-0.25, -0.2) is 0 Å². The zero-order valence-corrected chi connectivity index (χ0v) is 10.8. The molecule has 0 aromatic carbocycles. The lowest BCUT2D eigenvalue weighted by molar-refractivity contribution is -0.147. The third-order valence-electron chi connectivity index (χ3n) is 3.04. The van der Waals surface area contributed by atoms with Crippen molar-refractivity contribution in [3.05, 3.63) is 0 Å². The molecule has 0 rings (SSSR count). The zero-order chi connectivity index (χ0) is 12.6. The van der Waals surface area contributed by atoms with Gasteiger partial charge in [-0.15, -0.1) is 0 Å². The Labute approximate surface area is 98.9 Å². The van der Waals surface area contributed by atoms with Gasteiger partial charge in [0.1, 0.15) is 0 Å². The molecular formula is C13H26O3. The van der Waals surface area contributed by atoms with Gasteiger partial charge in [0.2, 0.25) is 0 Å². The van der Waals surface area contributed by atoms with Gasteiger partial charge < -0.3 is 10.2 Å². The molecule has 0 aromatic rings. The van der Waals surface area contributed by atoms with Crippen molar-refractivity contribution in [2.75, 3.05) is 0 Å². The molecular weight excluding hydrogens is 204 g/mol. The topological polar surface area (TPSA) is 57.5 Å². The van der Waals surface area contributed by atoms with Gasteiger partial charge in [-0.3, -0.25) is 4.79 Å². The fraction of sp³-hybridized carbons (Fsp3) is 0.923. The normalized spacial score (nSPS) is 13.8. The molecule has 3 nitrogen and oxygen atoms in total. The quantitative estimate of drug-likeness (QED) is 0.598. The smallest absolute Gasteiger partial charge is 0.309 e. The molecule has 0 fully saturated rings. The molecule has 0 radical (unpaired) electrons. The van der Waals surface area contributed by atoms with Crippen LogP contribution in [0.1, 0.15) is 65.7 Å². The minimum atomic E-state index is -0.724. The van der Waals surface area contributed by atoms with Crippen LogP contribution in [0.3, 0.4) is 0 Å². The lowest BCUT2D eigenvalue weighted by Gasteiger charge is -2.18. The number of carboxylic acids is 1. The molecule has 0 aliphatic heterocycles. The Morgan fingerprint density at radius 3 is 2.31 bits per heavy atom. The number of aliphatic hydroxyl groups excluding tert-OH is 1. The first kappa shape index (κ1) is 15.4. The van der Waals surface area contributed by atoms with Crippen LogP contribution in [0.2, 0.25) is 0 Å². The number of aliphatic carboxylic acids is 1. The van der Waals surface area contributed by atoms with E-state index in [0.29, 0.717) is 6.42 Å². The summed E-state index contributed by atoms with van der Waals surface area (Å²) in [6.07, 6.45) is 6.23. The van der Waals surface area contributed by atoms with Gasteiger partial charge in [0.15, 0.2) is 0 Å². The standard InChI is InChI=1S/C13H26O3/c1-4-8-11(14)9-6-5-7-10-13(2,3)12(15)16/h11,14H,4-10H2,1-3H3,(H,15,16). The molecule has 1 unspecified atom stereocenters. The Hall–Kier alpha value is -0.570. The van der Waals surface area contributed by atoms with E-state index in [4.69, 9.17) is 5.11 Å². The number of carboxylic acid groups (broad SMARTS) is 1. The van der Waals surface area contributed by atoms with Crippen molar-refractivity contribution < 1.29 is 15.0 Å². The molecule has 0 spiro atoms. The molecule has 1 atom stereocenters. The van der Waals surface area contributed by atoms with Crippen LogP contribution in [0.25, 0.3) is 0 Å². The molecule has 0 saturated carbocycles. The second-order valence-electron chi connectivity index (χ2n) is 5.23. The predicted molar refractivity (Wildman–Crippen MR) is 65.4 cm³/mol. The summed E-state index contributed by atoms with van der Waals surface area (Å²) in [4.78, 5) is 10.8. The minimum Gasteiger partial charge on any atom is -0.481 e. The molecule has 0 bridgehead atoms. The molecule has 3 heteroatoms. The number of carbonyl (C=O) groups is 1. The number of rotatable bonds is 9. The van der Waals surface area contributed by atoms with Crippen molar-refractivity contribution >= 4 is 5.97 Å². The highest BCUT2D eigenvalue weighted by atomic mass is 16.4. The van der Waals surface area contributed by atoms with Crippen LogP contribution < -0.4 is 0 Å². The Morgan fingerprint density at radius 1 is 1.19 bits per heavy atom. The second kappa shape index (κ2) is 7.66. The van der Waals surface area contributed by atoms with E-state index in [1.165, 1.54) is 0 Å². The Kier molecular flexibility index (Phi) is 7.39. The fourth-order valence-electron chi connectivity index (χ4n) is 1.71. The van der Waals surface area contributed by atoms with Crippen molar-refractivity contribution in [3.8, 4) is 0 Å². The van der Waals surface area contributed by atoms with E-state index in [1.807, 2.05) is 0 Å². The molecule has 96 valence electrons. The van der Waals surface area contributed by atoms with Crippen molar-refractivity contribution in [3.63, 3.8) is 0 Å². The number of unbranched alkanes of at least 4 members (excludes halogenated alkanes) is 2. The maximum Gasteiger partial charge on any atom is 0.309 e. The molecule has 0 amide bonds. The van der Waals surface area contributed by atoms with E-state index >= 15 is 0 Å². The van der Waals surface area contributed by atoms with Crippen LogP contribution in [0.15, 0.2) is 0 Å². The van der Waals surface area contributed by atoms with Crippen molar-refractivity contribution in [2.45, 2.75) is 71.8 Å². The van der Waals surface area contributed by atoms with Gasteiger partial charge in [0.05, 0.1) is 11.5 Å². The van der Waals surface area contributed by atoms with Crippen LogP contribution in [0.5, 0.6) is 0 Å². The van der Waals surface area contributed by atoms with E-state index < -0.39 is 11.4 Å². The lowest BCUT2D eigenvalue weighted by Crippen LogP contribution is -2.23. The van der Waals surface area contributed by atoms with Crippen LogP contribution in [0.4, 0.5) is 0 Å². The van der Waals surface area contributed by atoms with E-state index in [-0.39, 0.29) is 6.10 Å². The molecule has 0 saturated heterocycles. The van der Waals surface area contributed by atoms with Crippen LogP contribution in [-0.2, 0) is 4.79 Å². The summed E-state index contributed by atoms with van der Waals surface area (Å²) in [5.74, 6) is -0.724. The van der Waals surface area contributed by atoms with Gasteiger partial charge >= 0.3 is 5.97 Å². The Bertz CT molecular complexity index is 199. The first-order chi connectivity index (χ1) is 7.40. The summed E-state index contributed by atoms with van der Waals surface area (Å²) in [5, 5.41) is 18.4. The number of hydrogen-bond acceptors (Lipinski definition) is 2. The summed E-state index contributed by atoms with van der Waals surface area (Å²) in [5.41, 5.74) is -0.609. The molecule has 0 aliphatic carbocycles. The molecule has 16 heavy (non-hydrogen) atoms. The lowest BCUT2D eigenvalue weighted by atomic mass is 9.87. The van der Waals surface area contributed by atoms with Gasteiger partial charge in [0, 0.05) is 0 Å². The summed E-state index contributed by atoms with van der Waals surface area (Å²) < 4.78 is 0. The summed E-state index contributed by atoms with van der Waals surface area (Å²) in [7, 11) is 0. The van der Waals surface area contributed by atoms with Gasteiger partial charge in [-0.1, -0.05) is 32.6 Å². The van der Waals surface area contributed by atoms with Gasteiger partial charge in [-0.2, -0.15) is 0 Å². The summed E-state index contributed by atoms with van der Waals surface area (Å²) in [6.45, 7) is 5.60. The average Bonchev–Trinajstić information content (AvgIpc) is 2.17. The highest BCUT2D eigenvalue weighted by molar-refractivity contribution is 5.73. The Balaban J connectivity index is 3.50. The molecule has 0 aliphatic rings. The van der Waals surface area contributed by atoms with Crippen LogP contribution in [-0.4, -0.2) is 22.3 Å². The average molecular weight is 230 g/mol. The van der Waals surface area contributed by atoms with Crippen LogP contribution >= 0.6 is 0 Å². The third kappa shape index (κ3) is 6.83. The molecule has 0 heterocycles. The van der Waals surface area contributed by atoms with Crippen LogP contribution in [0, 0.1) is 5.41 Å². The summed E-state index contributed by atoms with van der Waals surface area (Å²) in [6, 6.07) is 0. The van der Waals surface area contributed by atoms with Crippen molar-refractivity contribution in [2.24, 2.45) is 5.41 Å². The predicted octanol–water partition coefficient (Wildman–Crippen LogP) is 3.21. The largest absolute Gasteiger partial charge is 0.481 e. The van der Waals surface area contributed by atoms with E-state index in [0.717, 1.165) is 38.5 Å². The minimum absolute atomic E-state index is 0.169. The number of hydrogen-bond donors (Lipinski definition) is 2. The Morgan fingerprint density at radius 2 is 1.81 bits per heavy atom. The van der Waals surface area contributed by atoms with Gasteiger partial charge in [-0.05, 0) is 33.1 Å². The maximum atomic E-state index is 10.8. The molecule has 2 N–H and O–H groups in total.